The molecule has 0 saturated heterocycles. The third-order valence-electron chi connectivity index (χ3n) is 7.04. The summed E-state index contributed by atoms with van der Waals surface area (Å²) in [4.78, 5) is 30.5. The van der Waals surface area contributed by atoms with Crippen LogP contribution in [0.2, 0.25) is 5.02 Å². The molecule has 0 spiro atoms. The fourth-order valence-electron chi connectivity index (χ4n) is 4.88. The van der Waals surface area contributed by atoms with Gasteiger partial charge in [-0.25, -0.2) is 0 Å². The molecule has 11 nitrogen and oxygen atoms in total. The topological polar surface area (TPSA) is 151 Å². The van der Waals surface area contributed by atoms with Crippen molar-refractivity contribution in [2.75, 3.05) is 20.2 Å². The summed E-state index contributed by atoms with van der Waals surface area (Å²) in [6, 6.07) is 18.8. The lowest BCUT2D eigenvalue weighted by Crippen LogP contribution is -2.36. The Labute approximate surface area is 253 Å². The van der Waals surface area contributed by atoms with Crippen molar-refractivity contribution in [1.29, 1.82) is 0 Å². The first-order valence-electron chi connectivity index (χ1n) is 13.7. The molecule has 0 unspecified atom stereocenters. The predicted molar refractivity (Wildman–Crippen MR) is 163 cm³/mol. The third-order valence-corrected chi connectivity index (χ3v) is 7.29. The van der Waals surface area contributed by atoms with Crippen molar-refractivity contribution < 1.29 is 24.4 Å². The Morgan fingerprint density at radius 1 is 0.977 bits per heavy atom. The maximum Gasteiger partial charge on any atom is 0.488 e. The highest BCUT2D eigenvalue weighted by Crippen LogP contribution is 2.34. The second-order valence-electron chi connectivity index (χ2n) is 10.0. The summed E-state index contributed by atoms with van der Waals surface area (Å²) in [5.74, 6) is 1.38. The maximum absolute atomic E-state index is 13.1. The van der Waals surface area contributed by atoms with Gasteiger partial charge in [0.25, 0.3) is 0 Å². The van der Waals surface area contributed by atoms with Crippen LogP contribution in [0.15, 0.2) is 71.7 Å². The fourth-order valence-corrected chi connectivity index (χ4v) is 5.01. The minimum absolute atomic E-state index is 0.0113. The van der Waals surface area contributed by atoms with Crippen molar-refractivity contribution in [2.24, 2.45) is 4.99 Å². The van der Waals surface area contributed by atoms with Crippen molar-refractivity contribution >= 4 is 41.7 Å². The van der Waals surface area contributed by atoms with E-state index < -0.39 is 13.2 Å². The van der Waals surface area contributed by atoms with Crippen LogP contribution in [0.25, 0.3) is 5.69 Å². The molecule has 0 radical (unpaired) electrons. The largest absolute Gasteiger partial charge is 0.497 e. The number of nitrogens with one attached hydrogen (secondary N) is 2. The van der Waals surface area contributed by atoms with Crippen LogP contribution in [0.1, 0.15) is 40.8 Å². The normalized spacial score (nSPS) is 13.7. The van der Waals surface area contributed by atoms with E-state index in [9.17, 15) is 19.6 Å². The van der Waals surface area contributed by atoms with Gasteiger partial charge in [0.2, 0.25) is 11.8 Å². The number of rotatable bonds is 10. The van der Waals surface area contributed by atoms with Crippen molar-refractivity contribution in [2.45, 2.75) is 25.8 Å². The fraction of sp³-hybridized carbons (Fsp3) is 0.233. The molecule has 1 aromatic heterocycles. The van der Waals surface area contributed by atoms with E-state index in [1.165, 1.54) is 0 Å². The van der Waals surface area contributed by atoms with E-state index in [1.54, 1.807) is 43.5 Å². The zero-order chi connectivity index (χ0) is 30.5. The Kier molecular flexibility index (Phi) is 9.20. The van der Waals surface area contributed by atoms with Crippen LogP contribution in [-0.2, 0) is 16.0 Å². The third kappa shape index (κ3) is 6.94. The number of carbonyl (C=O) groups is 2. The summed E-state index contributed by atoms with van der Waals surface area (Å²) < 4.78 is 7.41. The highest BCUT2D eigenvalue weighted by Gasteiger charge is 2.30. The van der Waals surface area contributed by atoms with E-state index in [0.29, 0.717) is 33.6 Å². The summed E-state index contributed by atoms with van der Waals surface area (Å²) in [5.41, 5.74) is 4.19. The van der Waals surface area contributed by atoms with Crippen LogP contribution >= 0.6 is 11.6 Å². The van der Waals surface area contributed by atoms with Crippen LogP contribution in [0.5, 0.6) is 5.75 Å². The van der Waals surface area contributed by atoms with E-state index in [4.69, 9.17) is 21.3 Å². The van der Waals surface area contributed by atoms with Gasteiger partial charge in [-0.1, -0.05) is 48.0 Å². The average Bonchev–Trinajstić information content (AvgIpc) is 3.32. The Morgan fingerprint density at radius 2 is 1.67 bits per heavy atom. The van der Waals surface area contributed by atoms with Gasteiger partial charge in [0.15, 0.2) is 5.82 Å². The van der Waals surface area contributed by atoms with Gasteiger partial charge in [0.1, 0.15) is 17.6 Å². The minimum Gasteiger partial charge on any atom is -0.497 e. The Balaban J connectivity index is 1.29. The van der Waals surface area contributed by atoms with Crippen LogP contribution in [0, 0.1) is 6.92 Å². The summed E-state index contributed by atoms with van der Waals surface area (Å²) in [7, 11) is 0.0441. The molecule has 0 bridgehead atoms. The van der Waals surface area contributed by atoms with E-state index in [-0.39, 0.29) is 37.7 Å². The lowest BCUT2D eigenvalue weighted by molar-refractivity contribution is -0.122. The molecule has 13 heteroatoms. The van der Waals surface area contributed by atoms with Gasteiger partial charge < -0.3 is 25.4 Å². The number of amides is 2. The van der Waals surface area contributed by atoms with Crippen molar-refractivity contribution in [3.8, 4) is 11.4 Å². The highest BCUT2D eigenvalue weighted by atomic mass is 35.5. The quantitative estimate of drug-likeness (QED) is 0.160. The lowest BCUT2D eigenvalue weighted by Gasteiger charge is -2.14. The SMILES string of the molecule is COc1ccc2c(c1)C(c1ccc(Cl)cc1)=N[C@@H](CC(=O)NCCNC(=O)Cc1ccc(B(O)O)cc1)c1nnc(C)n1-2. The van der Waals surface area contributed by atoms with E-state index in [1.807, 2.05) is 41.8 Å². The molecule has 5 rings (SSSR count). The van der Waals surface area contributed by atoms with E-state index in [2.05, 4.69) is 20.8 Å². The molecule has 4 N–H and O–H groups in total. The molecule has 0 fully saturated rings. The number of hydrogen-bond acceptors (Lipinski definition) is 8. The molecule has 0 aliphatic carbocycles. The molecule has 220 valence electrons. The Hall–Kier alpha value is -4.52. The average molecular weight is 601 g/mol. The number of benzene rings is 3. The second kappa shape index (κ2) is 13.2. The number of ether oxygens (including phenoxy) is 1. The zero-order valence-electron chi connectivity index (χ0n) is 23.6. The Bertz CT molecular complexity index is 1660. The molecule has 0 saturated carbocycles. The molecule has 4 aromatic rings. The molecule has 1 aliphatic heterocycles. The lowest BCUT2D eigenvalue weighted by atomic mass is 9.80. The highest BCUT2D eigenvalue weighted by molar-refractivity contribution is 6.58. The number of halogens is 1. The molecule has 43 heavy (non-hydrogen) atoms. The zero-order valence-corrected chi connectivity index (χ0v) is 24.4. The summed E-state index contributed by atoms with van der Waals surface area (Å²) in [5, 5.41) is 33.3. The van der Waals surface area contributed by atoms with Gasteiger partial charge in [0, 0.05) is 29.2 Å². The summed E-state index contributed by atoms with van der Waals surface area (Å²) in [6.45, 7) is 2.31. The van der Waals surface area contributed by atoms with Crippen LogP contribution in [-0.4, -0.2) is 69.7 Å². The van der Waals surface area contributed by atoms with Crippen LogP contribution in [0.3, 0.4) is 0 Å². The van der Waals surface area contributed by atoms with Crippen molar-refractivity contribution in [3.63, 3.8) is 0 Å². The molecule has 2 heterocycles. The smallest absolute Gasteiger partial charge is 0.488 e. The number of methoxy groups -OCH3 is 1. The van der Waals surface area contributed by atoms with Gasteiger partial charge >= 0.3 is 7.12 Å². The van der Waals surface area contributed by atoms with Gasteiger partial charge in [-0.3, -0.25) is 19.1 Å². The van der Waals surface area contributed by atoms with E-state index in [0.717, 1.165) is 22.4 Å². The first-order valence-corrected chi connectivity index (χ1v) is 14.0. The standard InChI is InChI=1S/C30H30BClN6O5/c1-18-36-37-30-25(17-28(40)34-14-13-33-27(39)15-19-3-7-21(8-4-19)31(41)42)35-29(20-5-9-22(32)10-6-20)24-16-23(43-2)11-12-26(24)38(18)30/h3-12,16,25,41-42H,13-15,17H2,1-2H3,(H,33,39)(H,34,40)/t25-/m0/s1. The Morgan fingerprint density at radius 3 is 2.35 bits per heavy atom. The number of aryl methyl sites for hydroxylation is 1. The summed E-state index contributed by atoms with van der Waals surface area (Å²) in [6.07, 6.45) is 0.137. The number of fused-ring (bicyclic) bond motifs is 3. The first kappa shape index (κ1) is 30.0. The number of hydrogen-bond donors (Lipinski definition) is 4. The minimum atomic E-state index is -1.56. The van der Waals surface area contributed by atoms with Crippen molar-refractivity contribution in [1.82, 2.24) is 25.4 Å². The van der Waals surface area contributed by atoms with Gasteiger partial charge in [-0.2, -0.15) is 0 Å². The van der Waals surface area contributed by atoms with E-state index >= 15 is 0 Å². The number of aromatic nitrogens is 3. The van der Waals surface area contributed by atoms with Crippen molar-refractivity contribution in [3.05, 3.63) is 100 Å². The summed E-state index contributed by atoms with van der Waals surface area (Å²) >= 11 is 6.16. The van der Waals surface area contributed by atoms with Gasteiger partial charge in [0.05, 0.1) is 31.4 Å². The molecule has 1 atom stereocenters. The number of carbonyl (C=O) groups excluding carboxylic acids is 2. The molecule has 1 aliphatic rings. The van der Waals surface area contributed by atoms with Crippen LogP contribution in [0.4, 0.5) is 0 Å². The molecular weight excluding hydrogens is 571 g/mol. The monoisotopic (exact) mass is 600 g/mol. The molecule has 3 aromatic carbocycles. The predicted octanol–water partition coefficient (Wildman–Crippen LogP) is 1.67. The number of aliphatic imine (C=N–C) groups is 1. The second-order valence-corrected chi connectivity index (χ2v) is 10.5. The van der Waals surface area contributed by atoms with Crippen LogP contribution < -0.4 is 20.8 Å². The number of nitrogens with zero attached hydrogens (tertiary/aromatic N) is 4. The van der Waals surface area contributed by atoms with Gasteiger partial charge in [-0.15, -0.1) is 10.2 Å². The molecule has 2 amide bonds. The maximum atomic E-state index is 13.1. The first-order chi connectivity index (χ1) is 20.7. The van der Waals surface area contributed by atoms with Gasteiger partial charge in [-0.05, 0) is 48.3 Å². The molecular formula is C30H30BClN6O5.